The van der Waals surface area contributed by atoms with Crippen molar-refractivity contribution in [3.8, 4) is 0 Å². The number of hydrogen-bond acceptors (Lipinski definition) is 8. The molecule has 0 amide bonds. The topological polar surface area (TPSA) is 117 Å². The summed E-state index contributed by atoms with van der Waals surface area (Å²) in [6, 6.07) is -0.598. The van der Waals surface area contributed by atoms with Gasteiger partial charge in [0.05, 0.1) is 7.11 Å². The highest BCUT2D eigenvalue weighted by Gasteiger charge is 2.16. The Bertz CT molecular complexity index is 501. The lowest BCUT2D eigenvalue weighted by molar-refractivity contribution is -0.157. The molecule has 3 N–H and O–H groups in total. The Labute approximate surface area is 194 Å². The smallest absolute Gasteiger partial charge is 0.322 e. The first kappa shape index (κ1) is 30.3. The maximum absolute atomic E-state index is 12.2. The maximum atomic E-state index is 12.2. The molecule has 8 heteroatoms. The van der Waals surface area contributed by atoms with Gasteiger partial charge < -0.3 is 25.3 Å². The van der Waals surface area contributed by atoms with E-state index >= 15 is 0 Å². The molecule has 2 unspecified atom stereocenters. The molecule has 0 saturated heterocycles. The molecular formula is C24H46N2O6. The van der Waals surface area contributed by atoms with Crippen LogP contribution < -0.4 is 11.1 Å². The molecule has 0 aromatic carbocycles. The van der Waals surface area contributed by atoms with Gasteiger partial charge in [0.2, 0.25) is 0 Å². The summed E-state index contributed by atoms with van der Waals surface area (Å²) < 4.78 is 15.1. The molecule has 0 aliphatic rings. The fourth-order valence-corrected chi connectivity index (χ4v) is 3.32. The van der Waals surface area contributed by atoms with E-state index in [0.717, 1.165) is 32.1 Å². The highest BCUT2D eigenvalue weighted by atomic mass is 16.6. The summed E-state index contributed by atoms with van der Waals surface area (Å²) in [6.07, 6.45) is 12.7. The third kappa shape index (κ3) is 19.0. The van der Waals surface area contributed by atoms with E-state index in [4.69, 9.17) is 15.2 Å². The van der Waals surface area contributed by atoms with Crippen molar-refractivity contribution in [2.75, 3.05) is 26.8 Å². The summed E-state index contributed by atoms with van der Waals surface area (Å²) in [4.78, 5) is 34.5. The number of ether oxygens (including phenoxy) is 3. The number of rotatable bonds is 21. The molecule has 8 nitrogen and oxygen atoms in total. The van der Waals surface area contributed by atoms with E-state index in [1.807, 2.05) is 0 Å². The van der Waals surface area contributed by atoms with Gasteiger partial charge in [0.1, 0.15) is 18.8 Å². The minimum atomic E-state index is -0.598. The first-order chi connectivity index (χ1) is 15.4. The van der Waals surface area contributed by atoms with Crippen molar-refractivity contribution < 1.29 is 28.6 Å². The van der Waals surface area contributed by atoms with E-state index < -0.39 is 24.1 Å². The quantitative estimate of drug-likeness (QED) is 0.152. The lowest BCUT2D eigenvalue weighted by Gasteiger charge is -2.18. The van der Waals surface area contributed by atoms with Gasteiger partial charge in [-0.1, -0.05) is 64.7 Å². The zero-order chi connectivity index (χ0) is 24.0. The average molecular weight is 459 g/mol. The number of unbranched alkanes of at least 4 members (excludes halogenated alkanes) is 9. The number of nitrogens with two attached hydrogens (primary N) is 1. The van der Waals surface area contributed by atoms with E-state index in [2.05, 4.69) is 17.0 Å². The Balaban J connectivity index is 3.97. The Morgan fingerprint density at radius 2 is 1.53 bits per heavy atom. The normalized spacial score (nSPS) is 12.8. The molecule has 0 spiro atoms. The van der Waals surface area contributed by atoms with E-state index in [-0.39, 0.29) is 12.6 Å². The molecule has 32 heavy (non-hydrogen) atoms. The standard InChI is InChI=1S/C24H46N2O6/c1-4-5-6-7-8-9-10-11-12-16-23(28)32-21(19-31-20(2)27)18-26-17-14-13-15-22(25)24(29)30-3/h21-22,26H,4-19,25H2,1-3H3. The second-order valence-corrected chi connectivity index (χ2v) is 8.32. The van der Waals surface area contributed by atoms with E-state index in [1.54, 1.807) is 0 Å². The number of nitrogens with one attached hydrogen (secondary N) is 1. The van der Waals surface area contributed by atoms with Crippen molar-refractivity contribution in [2.24, 2.45) is 5.73 Å². The zero-order valence-electron chi connectivity index (χ0n) is 20.5. The van der Waals surface area contributed by atoms with Gasteiger partial charge in [-0.2, -0.15) is 0 Å². The second-order valence-electron chi connectivity index (χ2n) is 8.32. The SMILES string of the molecule is CCCCCCCCCCCC(=O)OC(CNCCCCC(N)C(=O)OC)COC(C)=O. The first-order valence-corrected chi connectivity index (χ1v) is 12.3. The maximum Gasteiger partial charge on any atom is 0.322 e. The van der Waals surface area contributed by atoms with Crippen LogP contribution in [-0.4, -0.2) is 56.9 Å². The van der Waals surface area contributed by atoms with Crippen molar-refractivity contribution in [1.29, 1.82) is 0 Å². The molecule has 0 aliphatic carbocycles. The van der Waals surface area contributed by atoms with Crippen LogP contribution >= 0.6 is 0 Å². The van der Waals surface area contributed by atoms with E-state index in [9.17, 15) is 14.4 Å². The van der Waals surface area contributed by atoms with Crippen molar-refractivity contribution >= 4 is 17.9 Å². The minimum Gasteiger partial charge on any atom is -0.468 e. The molecule has 0 fully saturated rings. The van der Waals surface area contributed by atoms with Gasteiger partial charge in [-0.3, -0.25) is 14.4 Å². The summed E-state index contributed by atoms with van der Waals surface area (Å²) in [6.45, 7) is 4.68. The number of carbonyl (C=O) groups is 3. The van der Waals surface area contributed by atoms with E-state index in [0.29, 0.717) is 25.9 Å². The van der Waals surface area contributed by atoms with Crippen molar-refractivity contribution in [2.45, 2.75) is 109 Å². The molecule has 0 saturated carbocycles. The third-order valence-electron chi connectivity index (χ3n) is 5.25. The summed E-state index contributed by atoms with van der Waals surface area (Å²) >= 11 is 0. The van der Waals surface area contributed by atoms with Gasteiger partial charge in [0.15, 0.2) is 0 Å². The average Bonchev–Trinajstić information content (AvgIpc) is 2.77. The van der Waals surface area contributed by atoms with Crippen molar-refractivity contribution in [3.05, 3.63) is 0 Å². The predicted octanol–water partition coefficient (Wildman–Crippen LogP) is 3.64. The summed E-state index contributed by atoms with van der Waals surface area (Å²) in [5, 5.41) is 3.21. The Morgan fingerprint density at radius 1 is 0.906 bits per heavy atom. The molecule has 188 valence electrons. The lowest BCUT2D eigenvalue weighted by Crippen LogP contribution is -2.36. The highest BCUT2D eigenvalue weighted by molar-refractivity contribution is 5.75. The minimum absolute atomic E-state index is 0.0407. The fourth-order valence-electron chi connectivity index (χ4n) is 3.32. The number of hydrogen-bond donors (Lipinski definition) is 2. The molecule has 0 rings (SSSR count). The Morgan fingerprint density at radius 3 is 2.12 bits per heavy atom. The second kappa shape index (κ2) is 21.2. The molecule has 0 bridgehead atoms. The van der Waals surface area contributed by atoms with Gasteiger partial charge in [-0.25, -0.2) is 0 Å². The number of esters is 3. The van der Waals surface area contributed by atoms with Crippen LogP contribution in [0.4, 0.5) is 0 Å². The Hall–Kier alpha value is -1.67. The van der Waals surface area contributed by atoms with Crippen LogP contribution in [0.1, 0.15) is 97.3 Å². The summed E-state index contributed by atoms with van der Waals surface area (Å²) in [5.74, 6) is -1.06. The third-order valence-corrected chi connectivity index (χ3v) is 5.25. The van der Waals surface area contributed by atoms with Gasteiger partial charge >= 0.3 is 17.9 Å². The largest absolute Gasteiger partial charge is 0.468 e. The van der Waals surface area contributed by atoms with Crippen LogP contribution in [0.3, 0.4) is 0 Å². The zero-order valence-corrected chi connectivity index (χ0v) is 20.5. The molecular weight excluding hydrogens is 412 g/mol. The fraction of sp³-hybridized carbons (Fsp3) is 0.875. The first-order valence-electron chi connectivity index (χ1n) is 12.3. The van der Waals surface area contributed by atoms with Crippen LogP contribution in [0.15, 0.2) is 0 Å². The van der Waals surface area contributed by atoms with Crippen LogP contribution in [0.25, 0.3) is 0 Å². The highest BCUT2D eigenvalue weighted by Crippen LogP contribution is 2.11. The van der Waals surface area contributed by atoms with Gasteiger partial charge in [-0.05, 0) is 25.8 Å². The summed E-state index contributed by atoms with van der Waals surface area (Å²) in [5.41, 5.74) is 5.70. The number of carbonyl (C=O) groups excluding carboxylic acids is 3. The monoisotopic (exact) mass is 458 g/mol. The molecule has 0 aliphatic heterocycles. The van der Waals surface area contributed by atoms with Crippen molar-refractivity contribution in [3.63, 3.8) is 0 Å². The van der Waals surface area contributed by atoms with Crippen LogP contribution in [0.2, 0.25) is 0 Å². The molecule has 2 atom stereocenters. The van der Waals surface area contributed by atoms with Gasteiger partial charge in [0, 0.05) is 19.9 Å². The van der Waals surface area contributed by atoms with Gasteiger partial charge in [-0.15, -0.1) is 0 Å². The number of methoxy groups -OCH3 is 1. The summed E-state index contributed by atoms with van der Waals surface area (Å²) in [7, 11) is 1.32. The van der Waals surface area contributed by atoms with Gasteiger partial charge in [0.25, 0.3) is 0 Å². The van der Waals surface area contributed by atoms with E-state index in [1.165, 1.54) is 52.6 Å². The molecule has 0 aromatic rings. The molecule has 0 aromatic heterocycles. The van der Waals surface area contributed by atoms with Crippen LogP contribution in [0, 0.1) is 0 Å². The van der Waals surface area contributed by atoms with Crippen LogP contribution in [0.5, 0.6) is 0 Å². The molecule has 0 radical (unpaired) electrons. The molecule has 0 heterocycles. The Kier molecular flexibility index (Phi) is 20.1. The predicted molar refractivity (Wildman–Crippen MR) is 125 cm³/mol. The lowest BCUT2D eigenvalue weighted by atomic mass is 10.1. The van der Waals surface area contributed by atoms with Crippen LogP contribution in [-0.2, 0) is 28.6 Å². The van der Waals surface area contributed by atoms with Crippen molar-refractivity contribution in [1.82, 2.24) is 5.32 Å².